The molecule has 1 aromatic carbocycles. The average molecular weight is 501 g/mol. The number of primary amides is 1. The normalized spacial score (nSPS) is 15.6. The Labute approximate surface area is 211 Å². The second kappa shape index (κ2) is 12.3. The highest BCUT2D eigenvalue weighted by Crippen LogP contribution is 2.28. The molecule has 2 unspecified atom stereocenters. The molecule has 1 aliphatic carbocycles. The fourth-order valence-corrected chi connectivity index (χ4v) is 4.08. The molecular formula is C26H36N4O6. The number of carbonyl (C=O) groups excluding carboxylic acids is 4. The zero-order chi connectivity index (χ0) is 27.0. The Morgan fingerprint density at radius 1 is 1.22 bits per heavy atom. The number of amides is 4. The molecule has 0 bridgehead atoms. The van der Waals surface area contributed by atoms with Crippen LogP contribution in [0.2, 0.25) is 0 Å². The van der Waals surface area contributed by atoms with E-state index in [-0.39, 0.29) is 11.8 Å². The van der Waals surface area contributed by atoms with Crippen LogP contribution in [0.3, 0.4) is 0 Å². The Morgan fingerprint density at radius 2 is 1.86 bits per heavy atom. The van der Waals surface area contributed by atoms with Gasteiger partial charge in [-0.05, 0) is 63.8 Å². The molecule has 196 valence electrons. The Kier molecular flexibility index (Phi) is 9.73. The molecular weight excluding hydrogens is 464 g/mol. The lowest BCUT2D eigenvalue weighted by Crippen LogP contribution is -2.53. The quantitative estimate of drug-likeness (QED) is 0.318. The number of phenols is 1. The average Bonchev–Trinajstić information content (AvgIpc) is 2.77. The predicted molar refractivity (Wildman–Crippen MR) is 133 cm³/mol. The molecule has 10 nitrogen and oxygen atoms in total. The number of rotatable bonds is 8. The van der Waals surface area contributed by atoms with Gasteiger partial charge in [0, 0.05) is 12.1 Å². The van der Waals surface area contributed by atoms with Crippen LogP contribution in [0.1, 0.15) is 76.5 Å². The fraction of sp³-hybridized carbons (Fsp3) is 0.538. The molecule has 2 atom stereocenters. The van der Waals surface area contributed by atoms with Gasteiger partial charge >= 0.3 is 6.09 Å². The lowest BCUT2D eigenvalue weighted by atomic mass is 9.94. The monoisotopic (exact) mass is 500 g/mol. The van der Waals surface area contributed by atoms with Gasteiger partial charge in [-0.25, -0.2) is 4.79 Å². The van der Waals surface area contributed by atoms with Crippen LogP contribution < -0.4 is 16.4 Å². The maximum Gasteiger partial charge on any atom is 0.408 e. The van der Waals surface area contributed by atoms with Crippen LogP contribution in [0.25, 0.3) is 0 Å². The summed E-state index contributed by atoms with van der Waals surface area (Å²) in [6, 6.07) is 3.90. The van der Waals surface area contributed by atoms with Gasteiger partial charge in [-0.15, -0.1) is 0 Å². The van der Waals surface area contributed by atoms with Gasteiger partial charge in [-0.2, -0.15) is 0 Å². The van der Waals surface area contributed by atoms with E-state index in [1.165, 1.54) is 12.1 Å². The van der Waals surface area contributed by atoms with Gasteiger partial charge in [0.15, 0.2) is 0 Å². The third-order valence-corrected chi connectivity index (χ3v) is 5.77. The smallest absolute Gasteiger partial charge is 0.408 e. The maximum absolute atomic E-state index is 13.6. The van der Waals surface area contributed by atoms with Gasteiger partial charge < -0.3 is 26.2 Å². The summed E-state index contributed by atoms with van der Waals surface area (Å²) in [5, 5.41) is 15.3. The van der Waals surface area contributed by atoms with Crippen molar-refractivity contribution in [1.82, 2.24) is 15.5 Å². The van der Waals surface area contributed by atoms with Crippen molar-refractivity contribution in [1.29, 1.82) is 0 Å². The first kappa shape index (κ1) is 28.5. The van der Waals surface area contributed by atoms with Crippen molar-refractivity contribution in [2.24, 2.45) is 5.73 Å². The minimum absolute atomic E-state index is 0.0157. The topological polar surface area (TPSA) is 151 Å². The summed E-state index contributed by atoms with van der Waals surface area (Å²) < 4.78 is 5.20. The third-order valence-electron chi connectivity index (χ3n) is 5.77. The largest absolute Gasteiger partial charge is 0.508 e. The van der Waals surface area contributed by atoms with E-state index in [1.54, 1.807) is 33.8 Å². The van der Waals surface area contributed by atoms with E-state index in [0.29, 0.717) is 11.1 Å². The van der Waals surface area contributed by atoms with E-state index < -0.39 is 47.9 Å². The molecule has 0 radical (unpaired) electrons. The number of hydrogen-bond acceptors (Lipinski definition) is 6. The highest BCUT2D eigenvalue weighted by atomic mass is 16.6. The van der Waals surface area contributed by atoms with Crippen LogP contribution in [-0.2, 0) is 19.1 Å². The Morgan fingerprint density at radius 3 is 2.39 bits per heavy atom. The molecule has 1 aromatic rings. The van der Waals surface area contributed by atoms with E-state index >= 15 is 0 Å². The molecule has 36 heavy (non-hydrogen) atoms. The lowest BCUT2D eigenvalue weighted by molar-refractivity contribution is -0.139. The summed E-state index contributed by atoms with van der Waals surface area (Å²) >= 11 is 0. The number of alkyl carbamates (subject to hydrolysis) is 1. The van der Waals surface area contributed by atoms with Crippen LogP contribution in [0.4, 0.5) is 4.79 Å². The summed E-state index contributed by atoms with van der Waals surface area (Å²) in [4.78, 5) is 52.0. The molecule has 10 heteroatoms. The molecule has 1 aliphatic rings. The number of carbonyl (C=O) groups is 4. The van der Waals surface area contributed by atoms with Gasteiger partial charge in [-0.1, -0.05) is 31.8 Å². The molecule has 1 fully saturated rings. The molecule has 0 aliphatic heterocycles. The molecule has 0 spiro atoms. The van der Waals surface area contributed by atoms with Crippen LogP contribution >= 0.6 is 0 Å². The summed E-state index contributed by atoms with van der Waals surface area (Å²) in [5.74, 6) is -2.22. The van der Waals surface area contributed by atoms with E-state index in [0.717, 1.165) is 37.0 Å². The predicted octanol–water partition coefficient (Wildman–Crippen LogP) is 2.38. The lowest BCUT2D eigenvalue weighted by Gasteiger charge is -2.32. The van der Waals surface area contributed by atoms with E-state index in [2.05, 4.69) is 16.7 Å². The van der Waals surface area contributed by atoms with Gasteiger partial charge in [0.05, 0.1) is 6.42 Å². The SMILES string of the molecule is C#CN(C(=O)C(CC(N)=O)NC(=O)OC(C)(C)C)C(C(=O)NC1CCCCC1)c1ccc(O)c(C)c1. The van der Waals surface area contributed by atoms with Gasteiger partial charge in [0.2, 0.25) is 11.8 Å². The second-order valence-electron chi connectivity index (χ2n) is 10.00. The molecule has 4 amide bonds. The number of nitrogens with zero attached hydrogens (tertiary/aromatic N) is 1. The Hall–Kier alpha value is -3.74. The van der Waals surface area contributed by atoms with Crippen LogP contribution in [0, 0.1) is 19.4 Å². The fourth-order valence-electron chi connectivity index (χ4n) is 4.08. The number of benzene rings is 1. The highest BCUT2D eigenvalue weighted by Gasteiger charge is 2.37. The highest BCUT2D eigenvalue weighted by molar-refractivity contribution is 5.95. The van der Waals surface area contributed by atoms with Crippen molar-refractivity contribution in [3.8, 4) is 18.2 Å². The molecule has 0 aromatic heterocycles. The number of terminal acetylenes is 1. The van der Waals surface area contributed by atoms with Crippen molar-refractivity contribution in [2.75, 3.05) is 0 Å². The summed E-state index contributed by atoms with van der Waals surface area (Å²) in [6.07, 6.45) is 8.88. The molecule has 5 N–H and O–H groups in total. The van der Waals surface area contributed by atoms with Crippen LogP contribution in [-0.4, -0.2) is 51.5 Å². The van der Waals surface area contributed by atoms with Crippen molar-refractivity contribution in [3.05, 3.63) is 29.3 Å². The van der Waals surface area contributed by atoms with E-state index in [4.69, 9.17) is 16.9 Å². The number of aromatic hydroxyl groups is 1. The molecule has 0 heterocycles. The standard InChI is InChI=1S/C26H36N4O6/c1-6-30(24(34)19(15-21(27)32)29-25(35)36-26(3,4)5)22(17-12-13-20(31)16(2)14-17)23(33)28-18-10-8-7-9-11-18/h1,12-14,18-19,22,31H,7-11,15H2,2-5H3,(H2,27,32)(H,28,33)(H,29,35). The van der Waals surface area contributed by atoms with Gasteiger partial charge in [0.1, 0.15) is 23.4 Å². The van der Waals surface area contributed by atoms with E-state index in [1.807, 2.05) is 0 Å². The Bertz CT molecular complexity index is 1020. The number of hydrogen-bond donors (Lipinski definition) is 4. The summed E-state index contributed by atoms with van der Waals surface area (Å²) in [5.41, 5.74) is 5.30. The molecule has 1 saturated carbocycles. The first-order chi connectivity index (χ1) is 16.8. The number of phenolic OH excluding ortho intramolecular Hbond substituents is 1. The maximum atomic E-state index is 13.6. The number of nitrogens with two attached hydrogens (primary N) is 1. The minimum atomic E-state index is -1.46. The Balaban J connectivity index is 2.42. The van der Waals surface area contributed by atoms with Crippen molar-refractivity contribution in [2.45, 2.75) is 89.9 Å². The summed E-state index contributed by atoms with van der Waals surface area (Å²) in [6.45, 7) is 6.58. The van der Waals surface area contributed by atoms with Crippen molar-refractivity contribution < 1.29 is 29.0 Å². The van der Waals surface area contributed by atoms with E-state index in [9.17, 15) is 24.3 Å². The molecule has 0 saturated heterocycles. The van der Waals surface area contributed by atoms with Crippen molar-refractivity contribution in [3.63, 3.8) is 0 Å². The zero-order valence-corrected chi connectivity index (χ0v) is 21.3. The number of aryl methyl sites for hydroxylation is 1. The van der Waals surface area contributed by atoms with Gasteiger partial charge in [0.25, 0.3) is 5.91 Å². The first-order valence-electron chi connectivity index (χ1n) is 12.0. The van der Waals surface area contributed by atoms with Crippen LogP contribution in [0.5, 0.6) is 5.75 Å². The number of ether oxygens (including phenoxy) is 1. The minimum Gasteiger partial charge on any atom is -0.508 e. The second-order valence-corrected chi connectivity index (χ2v) is 10.00. The number of nitrogens with one attached hydrogen (secondary N) is 2. The van der Waals surface area contributed by atoms with Crippen LogP contribution in [0.15, 0.2) is 18.2 Å². The molecule has 2 rings (SSSR count). The zero-order valence-electron chi connectivity index (χ0n) is 21.3. The van der Waals surface area contributed by atoms with Gasteiger partial charge in [-0.3, -0.25) is 19.3 Å². The third kappa shape index (κ3) is 8.18. The summed E-state index contributed by atoms with van der Waals surface area (Å²) in [7, 11) is 0. The van der Waals surface area contributed by atoms with Crippen molar-refractivity contribution >= 4 is 23.8 Å². The first-order valence-corrected chi connectivity index (χ1v) is 12.0.